The minimum atomic E-state index is -0.909. The summed E-state index contributed by atoms with van der Waals surface area (Å²) in [4.78, 5) is 19.3. The average Bonchev–Trinajstić information content (AvgIpc) is 2.47. The third-order valence-electron chi connectivity index (χ3n) is 3.27. The summed E-state index contributed by atoms with van der Waals surface area (Å²) in [7, 11) is 0. The van der Waals surface area contributed by atoms with Crippen LogP contribution in [0.4, 0.5) is 0 Å². The number of aryl methyl sites for hydroxylation is 1. The van der Waals surface area contributed by atoms with E-state index >= 15 is 0 Å². The van der Waals surface area contributed by atoms with Crippen LogP contribution in [0.1, 0.15) is 17.7 Å². The number of hydrogen-bond acceptors (Lipinski definition) is 4. The summed E-state index contributed by atoms with van der Waals surface area (Å²) < 4.78 is 5.58. The number of ether oxygens (including phenoxy) is 1. The Morgan fingerprint density at radius 3 is 3.00 bits per heavy atom. The Hall–Kier alpha value is -2.43. The maximum Gasteiger partial charge on any atom is 0.309 e. The van der Waals surface area contributed by atoms with Gasteiger partial charge in [-0.05, 0) is 36.6 Å². The standard InChI is InChI=1S/C15H14N2O3/c18-14(19)9-12-15(17-6-5-16-12)11-3-4-13-10(8-11)2-1-7-20-13/h3-6,8H,1-2,7,9H2,(H,18,19). The third kappa shape index (κ3) is 2.47. The van der Waals surface area contributed by atoms with Crippen molar-refractivity contribution in [3.63, 3.8) is 0 Å². The summed E-state index contributed by atoms with van der Waals surface area (Å²) in [5, 5.41) is 8.94. The van der Waals surface area contributed by atoms with Gasteiger partial charge in [0.25, 0.3) is 0 Å². The van der Waals surface area contributed by atoms with Crippen molar-refractivity contribution in [1.29, 1.82) is 0 Å². The molecular weight excluding hydrogens is 256 g/mol. The second-order valence-corrected chi connectivity index (χ2v) is 4.70. The molecule has 2 aromatic rings. The minimum absolute atomic E-state index is 0.128. The van der Waals surface area contributed by atoms with Gasteiger partial charge in [-0.15, -0.1) is 0 Å². The Bertz CT molecular complexity index is 655. The van der Waals surface area contributed by atoms with Gasteiger partial charge < -0.3 is 9.84 Å². The summed E-state index contributed by atoms with van der Waals surface area (Å²) in [6.45, 7) is 0.752. The van der Waals surface area contributed by atoms with Crippen LogP contribution in [-0.2, 0) is 17.6 Å². The van der Waals surface area contributed by atoms with Crippen molar-refractivity contribution < 1.29 is 14.6 Å². The van der Waals surface area contributed by atoms with Crippen molar-refractivity contribution in [2.75, 3.05) is 6.61 Å². The second-order valence-electron chi connectivity index (χ2n) is 4.70. The van der Waals surface area contributed by atoms with Gasteiger partial charge in [0.05, 0.1) is 24.4 Å². The molecule has 1 N–H and O–H groups in total. The molecule has 2 heterocycles. The lowest BCUT2D eigenvalue weighted by Gasteiger charge is -2.18. The van der Waals surface area contributed by atoms with Gasteiger partial charge in [0.2, 0.25) is 0 Å². The summed E-state index contributed by atoms with van der Waals surface area (Å²) in [6.07, 6.45) is 4.94. The zero-order valence-electron chi connectivity index (χ0n) is 10.9. The number of fused-ring (bicyclic) bond motifs is 1. The monoisotopic (exact) mass is 270 g/mol. The minimum Gasteiger partial charge on any atom is -0.493 e. The molecule has 0 spiro atoms. The summed E-state index contributed by atoms with van der Waals surface area (Å²) in [6, 6.07) is 5.84. The zero-order chi connectivity index (χ0) is 13.9. The Morgan fingerprint density at radius 2 is 2.15 bits per heavy atom. The van der Waals surface area contributed by atoms with Gasteiger partial charge in [0.15, 0.2) is 0 Å². The van der Waals surface area contributed by atoms with Crippen LogP contribution in [0.5, 0.6) is 5.75 Å². The fraction of sp³-hybridized carbons (Fsp3) is 0.267. The molecule has 0 atom stereocenters. The van der Waals surface area contributed by atoms with Gasteiger partial charge in [-0.1, -0.05) is 0 Å². The quantitative estimate of drug-likeness (QED) is 0.924. The molecule has 0 saturated carbocycles. The highest BCUT2D eigenvalue weighted by Gasteiger charge is 2.15. The van der Waals surface area contributed by atoms with Crippen molar-refractivity contribution in [3.8, 4) is 17.0 Å². The molecule has 0 radical (unpaired) electrons. The van der Waals surface area contributed by atoms with Crippen molar-refractivity contribution >= 4 is 5.97 Å². The molecule has 20 heavy (non-hydrogen) atoms. The Balaban J connectivity index is 2.02. The first kappa shape index (κ1) is 12.6. The fourth-order valence-electron chi connectivity index (χ4n) is 2.39. The first-order chi connectivity index (χ1) is 9.74. The molecule has 1 aliphatic heterocycles. The molecule has 0 unspecified atom stereocenters. The van der Waals surface area contributed by atoms with E-state index in [1.54, 1.807) is 6.20 Å². The van der Waals surface area contributed by atoms with Crippen LogP contribution in [0.2, 0.25) is 0 Å². The molecule has 5 nitrogen and oxygen atoms in total. The highest BCUT2D eigenvalue weighted by molar-refractivity contribution is 5.74. The maximum absolute atomic E-state index is 10.9. The highest BCUT2D eigenvalue weighted by atomic mass is 16.5. The number of rotatable bonds is 3. The molecule has 0 bridgehead atoms. The lowest BCUT2D eigenvalue weighted by atomic mass is 10.0. The van der Waals surface area contributed by atoms with E-state index < -0.39 is 5.97 Å². The van der Waals surface area contributed by atoms with E-state index in [1.165, 1.54) is 6.20 Å². The highest BCUT2D eigenvalue weighted by Crippen LogP contribution is 2.30. The van der Waals surface area contributed by atoms with E-state index in [9.17, 15) is 4.79 Å². The molecule has 0 saturated heterocycles. The molecule has 1 aromatic carbocycles. The van der Waals surface area contributed by atoms with Gasteiger partial charge in [0.1, 0.15) is 5.75 Å². The van der Waals surface area contributed by atoms with Gasteiger partial charge >= 0.3 is 5.97 Å². The van der Waals surface area contributed by atoms with Crippen LogP contribution < -0.4 is 4.74 Å². The van der Waals surface area contributed by atoms with Crippen LogP contribution in [0.25, 0.3) is 11.3 Å². The average molecular weight is 270 g/mol. The van der Waals surface area contributed by atoms with Crippen molar-refractivity contribution in [2.45, 2.75) is 19.3 Å². The molecule has 1 aromatic heterocycles. The predicted octanol–water partition coefficient (Wildman–Crippen LogP) is 2.10. The molecule has 0 amide bonds. The number of carboxylic acids is 1. The molecule has 5 heteroatoms. The number of nitrogens with zero attached hydrogens (tertiary/aromatic N) is 2. The number of benzene rings is 1. The largest absolute Gasteiger partial charge is 0.493 e. The van der Waals surface area contributed by atoms with E-state index in [0.717, 1.165) is 36.3 Å². The van der Waals surface area contributed by atoms with Gasteiger partial charge in [-0.25, -0.2) is 0 Å². The molecule has 0 aliphatic carbocycles. The molecule has 3 rings (SSSR count). The number of aliphatic carboxylic acids is 1. The Labute approximate surface area is 116 Å². The second kappa shape index (κ2) is 5.28. The van der Waals surface area contributed by atoms with E-state index in [0.29, 0.717) is 11.4 Å². The van der Waals surface area contributed by atoms with Crippen LogP contribution in [-0.4, -0.2) is 27.7 Å². The number of carboxylic acid groups (broad SMARTS) is 1. The van der Waals surface area contributed by atoms with Crippen molar-refractivity contribution in [3.05, 3.63) is 41.9 Å². The molecule has 1 aliphatic rings. The van der Waals surface area contributed by atoms with E-state index in [2.05, 4.69) is 9.97 Å². The van der Waals surface area contributed by atoms with Crippen LogP contribution >= 0.6 is 0 Å². The molecule has 0 fully saturated rings. The normalized spacial score (nSPS) is 13.4. The fourth-order valence-corrected chi connectivity index (χ4v) is 2.39. The number of aromatic nitrogens is 2. The lowest BCUT2D eigenvalue weighted by molar-refractivity contribution is -0.136. The van der Waals surface area contributed by atoms with Gasteiger partial charge in [0, 0.05) is 18.0 Å². The number of carbonyl (C=O) groups is 1. The maximum atomic E-state index is 10.9. The molecular formula is C15H14N2O3. The lowest BCUT2D eigenvalue weighted by Crippen LogP contribution is -2.09. The van der Waals surface area contributed by atoms with Crippen LogP contribution in [0.3, 0.4) is 0 Å². The van der Waals surface area contributed by atoms with E-state index in [-0.39, 0.29) is 6.42 Å². The summed E-state index contributed by atoms with van der Waals surface area (Å²) in [5.74, 6) is -0.00304. The predicted molar refractivity (Wildman–Crippen MR) is 72.6 cm³/mol. The zero-order valence-corrected chi connectivity index (χ0v) is 10.9. The Kier molecular flexibility index (Phi) is 3.33. The first-order valence-corrected chi connectivity index (χ1v) is 6.52. The summed E-state index contributed by atoms with van der Waals surface area (Å²) >= 11 is 0. The molecule has 102 valence electrons. The topological polar surface area (TPSA) is 72.3 Å². The third-order valence-corrected chi connectivity index (χ3v) is 3.27. The van der Waals surface area contributed by atoms with Gasteiger partial charge in [-0.2, -0.15) is 0 Å². The SMILES string of the molecule is O=C(O)Cc1nccnc1-c1ccc2c(c1)CCCO2. The summed E-state index contributed by atoms with van der Waals surface area (Å²) in [5.41, 5.74) is 3.14. The van der Waals surface area contributed by atoms with E-state index in [1.807, 2.05) is 18.2 Å². The van der Waals surface area contributed by atoms with Gasteiger partial charge in [-0.3, -0.25) is 14.8 Å². The Morgan fingerprint density at radius 1 is 1.30 bits per heavy atom. The van der Waals surface area contributed by atoms with Crippen molar-refractivity contribution in [2.24, 2.45) is 0 Å². The first-order valence-electron chi connectivity index (χ1n) is 6.52. The van der Waals surface area contributed by atoms with Crippen LogP contribution in [0.15, 0.2) is 30.6 Å². The smallest absolute Gasteiger partial charge is 0.309 e. The van der Waals surface area contributed by atoms with E-state index in [4.69, 9.17) is 9.84 Å². The van der Waals surface area contributed by atoms with Crippen molar-refractivity contribution in [1.82, 2.24) is 9.97 Å². The van der Waals surface area contributed by atoms with Crippen LogP contribution in [0, 0.1) is 0 Å². The number of hydrogen-bond donors (Lipinski definition) is 1.